The third-order valence-corrected chi connectivity index (χ3v) is 11.2. The fraction of sp³-hybridized carbons (Fsp3) is 0.139. The van der Waals surface area contributed by atoms with E-state index < -0.39 is 22.5 Å². The lowest BCUT2D eigenvalue weighted by Gasteiger charge is -2.24. The zero-order chi connectivity index (χ0) is 35.6. The molecular weight excluding hydrogens is 728 g/mol. The maximum absolute atomic E-state index is 14.4. The Morgan fingerprint density at radius 3 is 2.55 bits per heavy atom. The van der Waals surface area contributed by atoms with Gasteiger partial charge < -0.3 is 9.30 Å². The van der Waals surface area contributed by atoms with E-state index in [2.05, 4.69) is 10.2 Å². The maximum atomic E-state index is 14.4. The van der Waals surface area contributed by atoms with Crippen molar-refractivity contribution in [3.63, 3.8) is 0 Å². The number of nitro benzene ring substituents is 1. The Hall–Kier alpha value is -5.15. The normalized spacial score (nSPS) is 14.3. The van der Waals surface area contributed by atoms with E-state index in [4.69, 9.17) is 21.3 Å². The maximum Gasteiger partial charge on any atom is 0.338 e. The molecule has 0 amide bonds. The largest absolute Gasteiger partial charge is 0.463 e. The number of hydrogen-bond donors (Lipinski definition) is 0. The number of esters is 1. The number of thiophene rings is 1. The average Bonchev–Trinajstić information content (AvgIpc) is 3.88. The number of thiazole rings is 1. The number of benzene rings is 3. The first-order chi connectivity index (χ1) is 24.8. The molecule has 3 aromatic heterocycles. The lowest BCUT2D eigenvalue weighted by molar-refractivity contribution is -0.384. The third kappa shape index (κ3) is 6.70. The molecule has 0 fully saturated rings. The standard InChI is InChI=1S/C36H27ClN6O5S3/c1-3-41-32(22-12-8-13-24(37)18-22)39-40-36(41)50-26-16-15-25(43(46)47)19-23(26)20-28-33(44)42-31(27-14-9-17-49-27)29(34(45)48-4-2)30(38-35(42)51-28)21-10-6-5-7-11-21/h5-20,31H,3-4H2,1-2H3/b28-20+/t31-/m0/s1. The lowest BCUT2D eigenvalue weighted by Crippen LogP contribution is -2.39. The van der Waals surface area contributed by atoms with Crippen LogP contribution in [0.2, 0.25) is 5.02 Å². The van der Waals surface area contributed by atoms with Crippen LogP contribution in [0.1, 0.15) is 35.9 Å². The quantitative estimate of drug-likeness (QED) is 0.0831. The van der Waals surface area contributed by atoms with Gasteiger partial charge in [0, 0.05) is 44.6 Å². The number of carbonyl (C=O) groups excluding carboxylic acids is 1. The number of fused-ring (bicyclic) bond motifs is 1. The Balaban J connectivity index is 1.40. The molecule has 1 aliphatic rings. The second-order valence-corrected chi connectivity index (χ2v) is 14.5. The molecule has 256 valence electrons. The molecular formula is C36H27ClN6O5S3. The molecule has 11 nitrogen and oxygen atoms in total. The molecule has 0 N–H and O–H groups in total. The summed E-state index contributed by atoms with van der Waals surface area (Å²) in [5, 5.41) is 23.8. The van der Waals surface area contributed by atoms with Crippen molar-refractivity contribution in [3.05, 3.63) is 147 Å². The second-order valence-electron chi connectivity index (χ2n) is 11.1. The van der Waals surface area contributed by atoms with E-state index in [9.17, 15) is 19.7 Å². The van der Waals surface area contributed by atoms with Crippen molar-refractivity contribution in [1.29, 1.82) is 0 Å². The molecule has 15 heteroatoms. The molecule has 6 aromatic rings. The summed E-state index contributed by atoms with van der Waals surface area (Å²) in [6.07, 6.45) is 1.63. The minimum absolute atomic E-state index is 0.137. The van der Waals surface area contributed by atoms with Crippen molar-refractivity contribution in [2.75, 3.05) is 6.61 Å². The van der Waals surface area contributed by atoms with E-state index in [1.54, 1.807) is 25.1 Å². The SMILES string of the molecule is CCOC(=O)C1=C(c2ccccc2)N=c2s/c(=C/c3cc([N+](=O)[O-])ccc3Sc3nnc(-c4cccc(Cl)c4)n3CC)c(=O)n2[C@H]1c1cccs1. The van der Waals surface area contributed by atoms with E-state index in [0.29, 0.717) is 49.1 Å². The smallest absolute Gasteiger partial charge is 0.338 e. The molecule has 0 unspecified atom stereocenters. The summed E-state index contributed by atoms with van der Waals surface area (Å²) in [6, 6.07) is 24.0. The second kappa shape index (κ2) is 14.6. The number of aromatic nitrogens is 4. The molecule has 0 spiro atoms. The minimum Gasteiger partial charge on any atom is -0.463 e. The lowest BCUT2D eigenvalue weighted by atomic mass is 9.97. The van der Waals surface area contributed by atoms with Crippen LogP contribution >= 0.6 is 46.0 Å². The predicted molar refractivity (Wildman–Crippen MR) is 199 cm³/mol. The molecule has 0 aliphatic carbocycles. The van der Waals surface area contributed by atoms with Gasteiger partial charge >= 0.3 is 5.97 Å². The van der Waals surface area contributed by atoms with Gasteiger partial charge in [-0.1, -0.05) is 71.5 Å². The zero-order valence-electron chi connectivity index (χ0n) is 27.1. The van der Waals surface area contributed by atoms with Crippen LogP contribution < -0.4 is 14.9 Å². The van der Waals surface area contributed by atoms with Crippen molar-refractivity contribution in [3.8, 4) is 11.4 Å². The molecule has 0 saturated carbocycles. The number of rotatable bonds is 10. The van der Waals surface area contributed by atoms with Gasteiger partial charge in [0.25, 0.3) is 11.2 Å². The summed E-state index contributed by atoms with van der Waals surface area (Å²) < 4.78 is 9.25. The van der Waals surface area contributed by atoms with Gasteiger partial charge in [0.1, 0.15) is 6.04 Å². The van der Waals surface area contributed by atoms with E-state index in [1.165, 1.54) is 39.8 Å². The molecule has 0 bridgehead atoms. The van der Waals surface area contributed by atoms with Gasteiger partial charge in [0.05, 0.1) is 27.3 Å². The Bertz CT molecular complexity index is 2510. The van der Waals surface area contributed by atoms with Gasteiger partial charge in [0.15, 0.2) is 15.8 Å². The number of halogens is 1. The highest BCUT2D eigenvalue weighted by Crippen LogP contribution is 2.38. The first-order valence-corrected chi connectivity index (χ1v) is 18.6. The van der Waals surface area contributed by atoms with Crippen LogP contribution in [0.5, 0.6) is 0 Å². The number of hydrogen-bond acceptors (Lipinski definition) is 11. The first-order valence-electron chi connectivity index (χ1n) is 15.7. The van der Waals surface area contributed by atoms with Crippen LogP contribution in [0, 0.1) is 10.1 Å². The average molecular weight is 755 g/mol. The number of nitro groups is 1. The Morgan fingerprint density at radius 1 is 1.04 bits per heavy atom. The fourth-order valence-electron chi connectivity index (χ4n) is 5.74. The molecule has 1 aliphatic heterocycles. The molecule has 1 atom stereocenters. The number of ether oxygens (including phenoxy) is 1. The van der Waals surface area contributed by atoms with Crippen LogP contribution in [0.3, 0.4) is 0 Å². The third-order valence-electron chi connectivity index (χ3n) is 7.99. The Kier molecular flexibility index (Phi) is 9.82. The van der Waals surface area contributed by atoms with Crippen molar-refractivity contribution < 1.29 is 14.5 Å². The Labute approximate surface area is 308 Å². The predicted octanol–water partition coefficient (Wildman–Crippen LogP) is 6.99. The monoisotopic (exact) mass is 754 g/mol. The first kappa shape index (κ1) is 34.3. The van der Waals surface area contributed by atoms with Gasteiger partial charge in [-0.3, -0.25) is 19.5 Å². The van der Waals surface area contributed by atoms with Gasteiger partial charge in [-0.25, -0.2) is 9.79 Å². The van der Waals surface area contributed by atoms with E-state index >= 15 is 0 Å². The number of nitrogens with zero attached hydrogens (tertiary/aromatic N) is 6. The summed E-state index contributed by atoms with van der Waals surface area (Å²) in [5.41, 5.74) is 2.08. The van der Waals surface area contributed by atoms with Gasteiger partial charge in [-0.05, 0) is 66.9 Å². The van der Waals surface area contributed by atoms with Crippen molar-refractivity contribution in [2.24, 2.45) is 4.99 Å². The van der Waals surface area contributed by atoms with Gasteiger partial charge in [-0.2, -0.15) is 0 Å². The molecule has 0 radical (unpaired) electrons. The topological polar surface area (TPSA) is 135 Å². The van der Waals surface area contributed by atoms with E-state index in [-0.39, 0.29) is 22.4 Å². The van der Waals surface area contributed by atoms with E-state index in [1.807, 2.05) is 77.5 Å². The van der Waals surface area contributed by atoms with Crippen molar-refractivity contribution >= 4 is 69.5 Å². The number of carbonyl (C=O) groups is 1. The molecule has 3 aromatic carbocycles. The molecule has 4 heterocycles. The minimum atomic E-state index is -0.801. The summed E-state index contributed by atoms with van der Waals surface area (Å²) in [7, 11) is 0. The van der Waals surface area contributed by atoms with Gasteiger partial charge in [0.2, 0.25) is 0 Å². The van der Waals surface area contributed by atoms with Crippen LogP contribution in [0.4, 0.5) is 5.69 Å². The number of non-ortho nitro benzene ring substituents is 1. The van der Waals surface area contributed by atoms with Gasteiger partial charge in [-0.15, -0.1) is 21.5 Å². The van der Waals surface area contributed by atoms with Crippen LogP contribution in [0.15, 0.2) is 116 Å². The summed E-state index contributed by atoms with van der Waals surface area (Å²) in [5.74, 6) is 0.0572. The summed E-state index contributed by atoms with van der Waals surface area (Å²) >= 11 is 10.1. The molecule has 0 saturated heterocycles. The molecule has 7 rings (SSSR count). The highest BCUT2D eigenvalue weighted by atomic mass is 35.5. The highest BCUT2D eigenvalue weighted by Gasteiger charge is 2.35. The summed E-state index contributed by atoms with van der Waals surface area (Å²) in [6.45, 7) is 4.39. The summed E-state index contributed by atoms with van der Waals surface area (Å²) in [4.78, 5) is 46.1. The van der Waals surface area contributed by atoms with Crippen LogP contribution in [-0.2, 0) is 16.1 Å². The zero-order valence-corrected chi connectivity index (χ0v) is 30.3. The Morgan fingerprint density at radius 2 is 1.84 bits per heavy atom. The molecule has 51 heavy (non-hydrogen) atoms. The fourth-order valence-corrected chi connectivity index (χ4v) is 8.72. The van der Waals surface area contributed by atoms with E-state index in [0.717, 1.165) is 21.8 Å². The van der Waals surface area contributed by atoms with Crippen molar-refractivity contribution in [1.82, 2.24) is 19.3 Å². The van der Waals surface area contributed by atoms with Crippen LogP contribution in [-0.4, -0.2) is 36.8 Å². The van der Waals surface area contributed by atoms with Crippen LogP contribution in [0.25, 0.3) is 23.2 Å². The van der Waals surface area contributed by atoms with Crippen molar-refractivity contribution in [2.45, 2.75) is 36.5 Å². The highest BCUT2D eigenvalue weighted by molar-refractivity contribution is 7.99.